The van der Waals surface area contributed by atoms with E-state index in [4.69, 9.17) is 0 Å². The van der Waals surface area contributed by atoms with Crippen LogP contribution < -0.4 is 10.6 Å². The summed E-state index contributed by atoms with van der Waals surface area (Å²) in [6.07, 6.45) is 2.17. The van der Waals surface area contributed by atoms with Crippen molar-refractivity contribution in [3.05, 3.63) is 46.6 Å². The van der Waals surface area contributed by atoms with E-state index in [0.717, 1.165) is 16.5 Å². The zero-order valence-corrected chi connectivity index (χ0v) is 11.1. The molecule has 0 fully saturated rings. The third kappa shape index (κ3) is 3.89. The van der Waals surface area contributed by atoms with Gasteiger partial charge in [0.25, 0.3) is 0 Å². The number of nitrogens with zero attached hydrogens (tertiary/aromatic N) is 1. The first kappa shape index (κ1) is 12.6. The number of nitrogens with one attached hydrogen (secondary N) is 2. The van der Waals surface area contributed by atoms with E-state index in [-0.39, 0.29) is 6.03 Å². The van der Waals surface area contributed by atoms with Gasteiger partial charge in [0.2, 0.25) is 0 Å². The molecule has 1 heterocycles. The number of halogens is 1. The van der Waals surface area contributed by atoms with Gasteiger partial charge in [-0.15, -0.1) is 0 Å². The molecule has 18 heavy (non-hydrogen) atoms. The van der Waals surface area contributed by atoms with Gasteiger partial charge in [0.1, 0.15) is 6.26 Å². The average Bonchev–Trinajstić information content (AvgIpc) is 2.82. The number of amides is 2. The molecule has 2 N–H and O–H groups in total. The van der Waals surface area contributed by atoms with Crippen LogP contribution in [0.1, 0.15) is 5.56 Å². The van der Waals surface area contributed by atoms with Gasteiger partial charge in [-0.05, 0) is 24.1 Å². The molecule has 0 aliphatic carbocycles. The van der Waals surface area contributed by atoms with Gasteiger partial charge in [-0.25, -0.2) is 4.79 Å². The maximum Gasteiger partial charge on any atom is 0.320 e. The molecular weight excluding hydrogens is 298 g/mol. The number of aromatic nitrogens is 1. The molecule has 94 valence electrons. The lowest BCUT2D eigenvalue weighted by Gasteiger charge is -2.05. The Hall–Kier alpha value is -1.82. The molecule has 0 saturated heterocycles. The summed E-state index contributed by atoms with van der Waals surface area (Å²) < 4.78 is 5.64. The predicted molar refractivity (Wildman–Crippen MR) is 71.4 cm³/mol. The third-order valence-corrected chi connectivity index (χ3v) is 2.76. The molecule has 6 heteroatoms. The topological polar surface area (TPSA) is 67.2 Å². The van der Waals surface area contributed by atoms with Crippen LogP contribution in [0.3, 0.4) is 0 Å². The number of benzene rings is 1. The highest BCUT2D eigenvalue weighted by molar-refractivity contribution is 9.10. The van der Waals surface area contributed by atoms with Crippen molar-refractivity contribution in [3.8, 4) is 0 Å². The number of carbonyl (C=O) groups excluding carboxylic acids is 1. The van der Waals surface area contributed by atoms with E-state index in [1.807, 2.05) is 24.3 Å². The fraction of sp³-hybridized carbons (Fsp3) is 0.167. The van der Waals surface area contributed by atoms with E-state index < -0.39 is 0 Å². The summed E-state index contributed by atoms with van der Waals surface area (Å²) in [6.45, 7) is 0.556. The first-order chi connectivity index (χ1) is 8.74. The fourth-order valence-electron chi connectivity index (χ4n) is 1.45. The minimum absolute atomic E-state index is 0.293. The van der Waals surface area contributed by atoms with Crippen molar-refractivity contribution >= 4 is 27.8 Å². The third-order valence-electron chi connectivity index (χ3n) is 2.27. The van der Waals surface area contributed by atoms with Crippen LogP contribution in [-0.2, 0) is 6.42 Å². The zero-order valence-electron chi connectivity index (χ0n) is 9.52. The maximum absolute atomic E-state index is 11.5. The van der Waals surface area contributed by atoms with E-state index in [1.165, 1.54) is 6.26 Å². The second-order valence-electron chi connectivity index (χ2n) is 3.65. The Morgan fingerprint density at radius 3 is 3.00 bits per heavy atom. The molecule has 2 aromatic rings. The van der Waals surface area contributed by atoms with Gasteiger partial charge >= 0.3 is 6.03 Å². The molecule has 1 aromatic heterocycles. The summed E-state index contributed by atoms with van der Waals surface area (Å²) in [4.78, 5) is 11.5. The largest absolute Gasteiger partial charge is 0.363 e. The normalized spacial score (nSPS) is 10.1. The number of carbonyl (C=O) groups is 1. The number of hydrogen-bond acceptors (Lipinski definition) is 3. The smallest absolute Gasteiger partial charge is 0.320 e. The molecule has 0 saturated carbocycles. The lowest BCUT2D eigenvalue weighted by Crippen LogP contribution is -2.30. The van der Waals surface area contributed by atoms with Gasteiger partial charge < -0.3 is 9.84 Å². The summed E-state index contributed by atoms with van der Waals surface area (Å²) in [5.41, 5.74) is 1.16. The Bertz CT molecular complexity index is 514. The zero-order chi connectivity index (χ0) is 12.8. The van der Waals surface area contributed by atoms with Crippen LogP contribution in [0.2, 0.25) is 0 Å². The van der Waals surface area contributed by atoms with Crippen molar-refractivity contribution in [2.75, 3.05) is 11.9 Å². The van der Waals surface area contributed by atoms with E-state index in [1.54, 1.807) is 6.07 Å². The van der Waals surface area contributed by atoms with Gasteiger partial charge in [-0.2, -0.15) is 0 Å². The van der Waals surface area contributed by atoms with Crippen molar-refractivity contribution in [3.63, 3.8) is 0 Å². The van der Waals surface area contributed by atoms with Crippen LogP contribution in [-0.4, -0.2) is 17.7 Å². The van der Waals surface area contributed by atoms with Crippen LogP contribution in [0.5, 0.6) is 0 Å². The summed E-state index contributed by atoms with van der Waals surface area (Å²) in [7, 11) is 0. The molecule has 2 amide bonds. The quantitative estimate of drug-likeness (QED) is 0.912. The van der Waals surface area contributed by atoms with Gasteiger partial charge in [0.15, 0.2) is 5.82 Å². The Kier molecular flexibility index (Phi) is 4.35. The molecule has 1 aromatic carbocycles. The summed E-state index contributed by atoms with van der Waals surface area (Å²) in [5.74, 6) is 0.398. The standard InChI is InChI=1S/C12H12BrN3O2/c13-10-3-1-2-9(8-10)4-6-14-12(17)15-11-5-7-18-16-11/h1-3,5,7-8H,4,6H2,(H2,14,15,16,17). The minimum atomic E-state index is -0.293. The molecule has 0 bridgehead atoms. The van der Waals surface area contributed by atoms with Crippen LogP contribution in [0.4, 0.5) is 10.6 Å². The SMILES string of the molecule is O=C(NCCc1cccc(Br)c1)Nc1ccon1. The molecule has 2 rings (SSSR count). The summed E-state index contributed by atoms with van der Waals surface area (Å²) in [6, 6.07) is 9.26. The van der Waals surface area contributed by atoms with Crippen molar-refractivity contribution in [1.82, 2.24) is 10.5 Å². The molecule has 0 unspecified atom stereocenters. The first-order valence-corrected chi connectivity index (χ1v) is 6.23. The number of urea groups is 1. The van der Waals surface area contributed by atoms with Crippen LogP contribution in [0, 0.1) is 0 Å². The van der Waals surface area contributed by atoms with E-state index in [9.17, 15) is 4.79 Å². The Morgan fingerprint density at radius 1 is 1.39 bits per heavy atom. The highest BCUT2D eigenvalue weighted by Crippen LogP contribution is 2.11. The predicted octanol–water partition coefficient (Wildman–Crippen LogP) is 2.80. The van der Waals surface area contributed by atoms with Crippen LogP contribution >= 0.6 is 15.9 Å². The second kappa shape index (κ2) is 6.20. The van der Waals surface area contributed by atoms with Gasteiger partial charge in [0, 0.05) is 17.1 Å². The Morgan fingerprint density at radius 2 is 2.28 bits per heavy atom. The molecule has 0 aliphatic heterocycles. The molecule has 0 spiro atoms. The van der Waals surface area contributed by atoms with Gasteiger partial charge in [-0.3, -0.25) is 5.32 Å². The van der Waals surface area contributed by atoms with Crippen molar-refractivity contribution in [1.29, 1.82) is 0 Å². The molecule has 0 atom stereocenters. The lowest BCUT2D eigenvalue weighted by molar-refractivity contribution is 0.252. The van der Waals surface area contributed by atoms with Crippen LogP contribution in [0.25, 0.3) is 0 Å². The van der Waals surface area contributed by atoms with Gasteiger partial charge in [-0.1, -0.05) is 33.2 Å². The van der Waals surface area contributed by atoms with Gasteiger partial charge in [0.05, 0.1) is 0 Å². The second-order valence-corrected chi connectivity index (χ2v) is 4.56. The molecule has 5 nitrogen and oxygen atoms in total. The lowest BCUT2D eigenvalue weighted by atomic mass is 10.1. The Balaban J connectivity index is 1.73. The van der Waals surface area contributed by atoms with Crippen molar-refractivity contribution < 1.29 is 9.32 Å². The van der Waals surface area contributed by atoms with Crippen molar-refractivity contribution in [2.24, 2.45) is 0 Å². The Labute approximate surface area is 113 Å². The van der Waals surface area contributed by atoms with E-state index in [0.29, 0.717) is 12.4 Å². The van der Waals surface area contributed by atoms with E-state index >= 15 is 0 Å². The monoisotopic (exact) mass is 309 g/mol. The summed E-state index contributed by atoms with van der Waals surface area (Å²) in [5, 5.41) is 8.88. The molecule has 0 aliphatic rings. The first-order valence-electron chi connectivity index (χ1n) is 5.44. The number of hydrogen-bond donors (Lipinski definition) is 2. The molecule has 0 radical (unpaired) electrons. The highest BCUT2D eigenvalue weighted by Gasteiger charge is 2.03. The number of anilines is 1. The average molecular weight is 310 g/mol. The fourth-order valence-corrected chi connectivity index (χ4v) is 1.90. The highest BCUT2D eigenvalue weighted by atomic mass is 79.9. The number of rotatable bonds is 4. The maximum atomic E-state index is 11.5. The minimum Gasteiger partial charge on any atom is -0.363 e. The molecular formula is C12H12BrN3O2. The summed E-state index contributed by atoms with van der Waals surface area (Å²) >= 11 is 3.40. The van der Waals surface area contributed by atoms with Crippen LogP contribution in [0.15, 0.2) is 45.6 Å². The van der Waals surface area contributed by atoms with E-state index in [2.05, 4.69) is 36.2 Å². The van der Waals surface area contributed by atoms with Crippen molar-refractivity contribution in [2.45, 2.75) is 6.42 Å².